The summed E-state index contributed by atoms with van der Waals surface area (Å²) >= 11 is 0. The van der Waals surface area contributed by atoms with Crippen molar-refractivity contribution >= 4 is 11.9 Å². The number of nitrogens with zero attached hydrogens (tertiary/aromatic N) is 8. The van der Waals surface area contributed by atoms with Gasteiger partial charge in [-0.1, -0.05) is 34.8 Å². The van der Waals surface area contributed by atoms with Crippen molar-refractivity contribution in [3.8, 4) is 0 Å². The standard InChI is InChI=1S/C19H22N8O3/c1-15-3-2-4-16(11-15)12-23-7-9-24(10-8-23)18(28)17-5-6-25(21-17)14-26-13-20-19(22-26)27(29)30/h2-6,11,13H,7-10,12,14H2,1H3. The van der Waals surface area contributed by atoms with E-state index in [1.165, 1.54) is 26.8 Å². The van der Waals surface area contributed by atoms with Crippen LogP contribution in [0.15, 0.2) is 42.9 Å². The van der Waals surface area contributed by atoms with Crippen LogP contribution in [0, 0.1) is 17.0 Å². The monoisotopic (exact) mass is 410 g/mol. The van der Waals surface area contributed by atoms with Gasteiger partial charge < -0.3 is 15.0 Å². The highest BCUT2D eigenvalue weighted by Crippen LogP contribution is 2.12. The Morgan fingerprint density at radius 2 is 1.93 bits per heavy atom. The Labute approximate surface area is 172 Å². The van der Waals surface area contributed by atoms with Gasteiger partial charge in [-0.15, -0.1) is 0 Å². The SMILES string of the molecule is Cc1cccc(CN2CCN(C(=O)c3ccn(Cn4cnc([N+](=O)[O-])n4)n3)CC2)c1. The fraction of sp³-hybridized carbons (Fsp3) is 0.368. The fourth-order valence-corrected chi connectivity index (χ4v) is 3.48. The van der Waals surface area contributed by atoms with Gasteiger partial charge in [0.05, 0.1) is 0 Å². The molecule has 0 spiro atoms. The smallest absolute Gasteiger partial charge is 0.390 e. The summed E-state index contributed by atoms with van der Waals surface area (Å²) in [6.07, 6.45) is 2.91. The highest BCUT2D eigenvalue weighted by atomic mass is 16.6. The normalized spacial score (nSPS) is 14.8. The van der Waals surface area contributed by atoms with Crippen LogP contribution in [0.4, 0.5) is 5.95 Å². The summed E-state index contributed by atoms with van der Waals surface area (Å²) < 4.78 is 2.79. The van der Waals surface area contributed by atoms with E-state index in [0.717, 1.165) is 19.6 Å². The number of benzene rings is 1. The lowest BCUT2D eigenvalue weighted by molar-refractivity contribution is -0.394. The van der Waals surface area contributed by atoms with Gasteiger partial charge in [-0.2, -0.15) is 9.78 Å². The first-order valence-corrected chi connectivity index (χ1v) is 9.62. The third-order valence-electron chi connectivity index (χ3n) is 4.99. The first-order chi connectivity index (χ1) is 14.5. The molecule has 4 rings (SSSR count). The number of piperazine rings is 1. The van der Waals surface area contributed by atoms with E-state index in [-0.39, 0.29) is 12.6 Å². The minimum atomic E-state index is -0.660. The van der Waals surface area contributed by atoms with E-state index in [1.54, 1.807) is 17.2 Å². The largest absolute Gasteiger partial charge is 0.491 e. The van der Waals surface area contributed by atoms with Crippen LogP contribution in [0.2, 0.25) is 0 Å². The summed E-state index contributed by atoms with van der Waals surface area (Å²) in [5.41, 5.74) is 2.87. The molecule has 0 radical (unpaired) electrons. The molecule has 30 heavy (non-hydrogen) atoms. The van der Waals surface area contributed by atoms with Crippen LogP contribution in [0.25, 0.3) is 0 Å². The molecule has 2 aromatic heterocycles. The second-order valence-electron chi connectivity index (χ2n) is 7.28. The molecule has 0 N–H and O–H groups in total. The Bertz CT molecular complexity index is 1050. The predicted octanol–water partition coefficient (Wildman–Crippen LogP) is 1.16. The number of aromatic nitrogens is 5. The van der Waals surface area contributed by atoms with Crippen LogP contribution >= 0.6 is 0 Å². The zero-order chi connectivity index (χ0) is 21.1. The molecule has 1 aromatic carbocycles. The van der Waals surface area contributed by atoms with Crippen LogP contribution in [-0.4, -0.2) is 71.4 Å². The zero-order valence-corrected chi connectivity index (χ0v) is 16.6. The van der Waals surface area contributed by atoms with E-state index < -0.39 is 10.9 Å². The van der Waals surface area contributed by atoms with Crippen molar-refractivity contribution in [3.05, 3.63) is 69.8 Å². The second kappa shape index (κ2) is 8.41. The van der Waals surface area contributed by atoms with Gasteiger partial charge in [0, 0.05) is 44.0 Å². The molecule has 1 aliphatic rings. The van der Waals surface area contributed by atoms with Gasteiger partial charge >= 0.3 is 5.95 Å². The maximum atomic E-state index is 12.8. The molecule has 0 unspecified atom stereocenters. The summed E-state index contributed by atoms with van der Waals surface area (Å²) in [5.74, 6) is -0.587. The van der Waals surface area contributed by atoms with Gasteiger partial charge in [0.2, 0.25) is 6.33 Å². The molecular weight excluding hydrogens is 388 g/mol. The Kier molecular flexibility index (Phi) is 5.53. The third-order valence-corrected chi connectivity index (χ3v) is 4.99. The summed E-state index contributed by atoms with van der Waals surface area (Å²) in [6.45, 7) is 6.01. The Balaban J connectivity index is 1.31. The maximum Gasteiger partial charge on any atom is 0.491 e. The lowest BCUT2D eigenvalue weighted by atomic mass is 10.1. The molecular formula is C19H22N8O3. The van der Waals surface area contributed by atoms with Gasteiger partial charge in [-0.05, 0) is 23.5 Å². The number of amides is 1. The number of hydrogen-bond donors (Lipinski definition) is 0. The van der Waals surface area contributed by atoms with Gasteiger partial charge in [-0.3, -0.25) is 9.69 Å². The van der Waals surface area contributed by atoms with E-state index in [1.807, 2.05) is 0 Å². The van der Waals surface area contributed by atoms with Gasteiger partial charge in [-0.25, -0.2) is 4.68 Å². The summed E-state index contributed by atoms with van der Waals surface area (Å²) in [4.78, 5) is 30.5. The first kappa shape index (κ1) is 19.7. The van der Waals surface area contributed by atoms with Crippen molar-refractivity contribution < 1.29 is 9.72 Å². The van der Waals surface area contributed by atoms with Crippen LogP contribution in [0.1, 0.15) is 21.6 Å². The third kappa shape index (κ3) is 4.51. The number of aryl methyl sites for hydroxylation is 1. The van der Waals surface area contributed by atoms with E-state index in [9.17, 15) is 14.9 Å². The molecule has 3 heterocycles. The van der Waals surface area contributed by atoms with Crippen molar-refractivity contribution in [2.75, 3.05) is 26.2 Å². The molecule has 0 saturated carbocycles. The van der Waals surface area contributed by atoms with Gasteiger partial charge in [0.25, 0.3) is 5.91 Å². The molecule has 11 heteroatoms. The molecule has 0 aliphatic carbocycles. The molecule has 1 amide bonds. The summed E-state index contributed by atoms with van der Waals surface area (Å²) in [5, 5.41) is 18.7. The van der Waals surface area contributed by atoms with E-state index in [2.05, 4.69) is 51.3 Å². The summed E-state index contributed by atoms with van der Waals surface area (Å²) in [6, 6.07) is 10.1. The first-order valence-electron chi connectivity index (χ1n) is 9.62. The number of nitro groups is 1. The van der Waals surface area contributed by atoms with Crippen LogP contribution in [0.3, 0.4) is 0 Å². The van der Waals surface area contributed by atoms with Crippen LogP contribution < -0.4 is 0 Å². The number of hydrogen-bond acceptors (Lipinski definition) is 7. The Morgan fingerprint density at radius 3 is 2.63 bits per heavy atom. The average molecular weight is 410 g/mol. The quantitative estimate of drug-likeness (QED) is 0.442. The highest BCUT2D eigenvalue weighted by molar-refractivity contribution is 5.92. The van der Waals surface area contributed by atoms with Crippen molar-refractivity contribution in [1.29, 1.82) is 0 Å². The molecule has 1 aliphatic heterocycles. The Hall–Kier alpha value is -3.60. The number of carbonyl (C=O) groups is 1. The minimum absolute atomic E-state index is 0.117. The molecule has 0 bridgehead atoms. The Morgan fingerprint density at radius 1 is 1.13 bits per heavy atom. The number of carbonyl (C=O) groups excluding carboxylic acids is 1. The highest BCUT2D eigenvalue weighted by Gasteiger charge is 2.24. The lowest BCUT2D eigenvalue weighted by Gasteiger charge is -2.34. The zero-order valence-electron chi connectivity index (χ0n) is 16.6. The number of rotatable bonds is 6. The predicted molar refractivity (Wildman–Crippen MR) is 107 cm³/mol. The van der Waals surface area contributed by atoms with E-state index in [4.69, 9.17) is 0 Å². The molecule has 3 aromatic rings. The molecule has 0 atom stereocenters. The van der Waals surface area contributed by atoms with Crippen molar-refractivity contribution in [3.63, 3.8) is 0 Å². The van der Waals surface area contributed by atoms with E-state index >= 15 is 0 Å². The van der Waals surface area contributed by atoms with Crippen LogP contribution in [0.5, 0.6) is 0 Å². The fourth-order valence-electron chi connectivity index (χ4n) is 3.48. The lowest BCUT2D eigenvalue weighted by Crippen LogP contribution is -2.48. The molecule has 1 saturated heterocycles. The van der Waals surface area contributed by atoms with Crippen molar-refractivity contribution in [2.24, 2.45) is 0 Å². The second-order valence-corrected chi connectivity index (χ2v) is 7.28. The molecule has 1 fully saturated rings. The van der Waals surface area contributed by atoms with Gasteiger partial charge in [0.15, 0.2) is 6.67 Å². The van der Waals surface area contributed by atoms with Gasteiger partial charge in [0.1, 0.15) is 5.69 Å². The van der Waals surface area contributed by atoms with Crippen molar-refractivity contribution in [1.82, 2.24) is 34.3 Å². The maximum absolute atomic E-state index is 12.8. The average Bonchev–Trinajstić information content (AvgIpc) is 3.38. The topological polar surface area (TPSA) is 115 Å². The van der Waals surface area contributed by atoms with Crippen molar-refractivity contribution in [2.45, 2.75) is 20.1 Å². The van der Waals surface area contributed by atoms with E-state index in [0.29, 0.717) is 18.8 Å². The molecule has 11 nitrogen and oxygen atoms in total. The molecule has 156 valence electrons. The summed E-state index contributed by atoms with van der Waals surface area (Å²) in [7, 11) is 0. The van der Waals surface area contributed by atoms with Crippen LogP contribution in [-0.2, 0) is 13.2 Å². The minimum Gasteiger partial charge on any atom is -0.390 e.